The molecule has 0 atom stereocenters. The number of para-hydroxylation sites is 1. The van der Waals surface area contributed by atoms with Crippen molar-refractivity contribution in [3.05, 3.63) is 59.2 Å². The summed E-state index contributed by atoms with van der Waals surface area (Å²) in [6, 6.07) is 14.5. The standard InChI is InChI=1S/C18H23NO/c1-13(2)16-6-4-5-7-17(16)20-18-12-15(10-11-19)9-8-14(18)3/h4-9,12-13H,10-11,19H2,1-3H3. The zero-order valence-electron chi connectivity index (χ0n) is 12.5. The summed E-state index contributed by atoms with van der Waals surface area (Å²) in [6.45, 7) is 7.09. The highest BCUT2D eigenvalue weighted by atomic mass is 16.5. The van der Waals surface area contributed by atoms with E-state index in [4.69, 9.17) is 10.5 Å². The van der Waals surface area contributed by atoms with Crippen molar-refractivity contribution < 1.29 is 4.74 Å². The Morgan fingerprint density at radius 3 is 2.50 bits per heavy atom. The van der Waals surface area contributed by atoms with Crippen molar-refractivity contribution >= 4 is 0 Å². The summed E-state index contributed by atoms with van der Waals surface area (Å²) < 4.78 is 6.15. The van der Waals surface area contributed by atoms with Gasteiger partial charge >= 0.3 is 0 Å². The molecule has 0 unspecified atom stereocenters. The van der Waals surface area contributed by atoms with E-state index in [1.54, 1.807) is 0 Å². The van der Waals surface area contributed by atoms with Crippen molar-refractivity contribution in [1.82, 2.24) is 0 Å². The average molecular weight is 269 g/mol. The molecular weight excluding hydrogens is 246 g/mol. The quantitative estimate of drug-likeness (QED) is 0.872. The van der Waals surface area contributed by atoms with Gasteiger partial charge in [0, 0.05) is 0 Å². The first-order chi connectivity index (χ1) is 9.61. The van der Waals surface area contributed by atoms with E-state index in [2.05, 4.69) is 51.1 Å². The number of nitrogens with two attached hydrogens (primary N) is 1. The summed E-state index contributed by atoms with van der Waals surface area (Å²) in [6.07, 6.45) is 0.877. The lowest BCUT2D eigenvalue weighted by molar-refractivity contribution is 0.469. The van der Waals surface area contributed by atoms with E-state index in [0.29, 0.717) is 12.5 Å². The van der Waals surface area contributed by atoms with E-state index in [1.807, 2.05) is 12.1 Å². The molecule has 0 radical (unpaired) electrons. The fraction of sp³-hybridized carbons (Fsp3) is 0.333. The van der Waals surface area contributed by atoms with Crippen LogP contribution in [-0.4, -0.2) is 6.54 Å². The van der Waals surface area contributed by atoms with Crippen molar-refractivity contribution in [2.75, 3.05) is 6.54 Å². The SMILES string of the molecule is Cc1ccc(CCN)cc1Oc1ccccc1C(C)C. The van der Waals surface area contributed by atoms with Crippen LogP contribution in [0.15, 0.2) is 42.5 Å². The first-order valence-corrected chi connectivity index (χ1v) is 7.18. The molecule has 0 aromatic heterocycles. The zero-order valence-corrected chi connectivity index (χ0v) is 12.5. The van der Waals surface area contributed by atoms with Crippen LogP contribution in [0.5, 0.6) is 11.5 Å². The molecule has 0 aliphatic heterocycles. The molecule has 2 rings (SSSR count). The minimum absolute atomic E-state index is 0.443. The number of ether oxygens (including phenoxy) is 1. The highest BCUT2D eigenvalue weighted by Crippen LogP contribution is 2.32. The lowest BCUT2D eigenvalue weighted by atomic mass is 10.0. The van der Waals surface area contributed by atoms with Crippen LogP contribution in [0, 0.1) is 6.92 Å². The number of hydrogen-bond donors (Lipinski definition) is 1. The molecule has 0 fully saturated rings. The molecule has 0 aliphatic rings. The van der Waals surface area contributed by atoms with Crippen molar-refractivity contribution in [2.24, 2.45) is 5.73 Å². The van der Waals surface area contributed by atoms with Crippen molar-refractivity contribution in [2.45, 2.75) is 33.1 Å². The molecule has 2 aromatic carbocycles. The van der Waals surface area contributed by atoms with Crippen LogP contribution in [0.1, 0.15) is 36.5 Å². The van der Waals surface area contributed by atoms with Gasteiger partial charge in [-0.3, -0.25) is 0 Å². The molecule has 106 valence electrons. The highest BCUT2D eigenvalue weighted by molar-refractivity contribution is 5.43. The van der Waals surface area contributed by atoms with Gasteiger partial charge in [-0.1, -0.05) is 44.2 Å². The minimum atomic E-state index is 0.443. The van der Waals surface area contributed by atoms with Gasteiger partial charge in [0.15, 0.2) is 0 Å². The van der Waals surface area contributed by atoms with Crippen LogP contribution >= 0.6 is 0 Å². The molecule has 0 heterocycles. The van der Waals surface area contributed by atoms with E-state index in [9.17, 15) is 0 Å². The molecule has 0 saturated carbocycles. The minimum Gasteiger partial charge on any atom is -0.457 e. The Hall–Kier alpha value is -1.80. The summed E-state index contributed by atoms with van der Waals surface area (Å²) in [4.78, 5) is 0. The van der Waals surface area contributed by atoms with Crippen LogP contribution < -0.4 is 10.5 Å². The van der Waals surface area contributed by atoms with Gasteiger partial charge in [0.2, 0.25) is 0 Å². The van der Waals surface area contributed by atoms with Gasteiger partial charge in [0.25, 0.3) is 0 Å². The number of benzene rings is 2. The number of rotatable bonds is 5. The summed E-state index contributed by atoms with van der Waals surface area (Å²) in [5, 5.41) is 0. The van der Waals surface area contributed by atoms with Crippen LogP contribution in [0.4, 0.5) is 0 Å². The molecule has 0 bridgehead atoms. The van der Waals surface area contributed by atoms with Gasteiger partial charge in [-0.2, -0.15) is 0 Å². The maximum absolute atomic E-state index is 6.15. The summed E-state index contributed by atoms with van der Waals surface area (Å²) in [5.74, 6) is 2.30. The Morgan fingerprint density at radius 2 is 1.80 bits per heavy atom. The van der Waals surface area contributed by atoms with Crippen LogP contribution in [0.2, 0.25) is 0 Å². The third-order valence-corrected chi connectivity index (χ3v) is 3.45. The fourth-order valence-corrected chi connectivity index (χ4v) is 2.25. The summed E-state index contributed by atoms with van der Waals surface area (Å²) in [5.41, 5.74) is 9.22. The largest absolute Gasteiger partial charge is 0.457 e. The first kappa shape index (κ1) is 14.6. The Kier molecular flexibility index (Phi) is 4.80. The van der Waals surface area contributed by atoms with Crippen molar-refractivity contribution in [3.8, 4) is 11.5 Å². The van der Waals surface area contributed by atoms with Gasteiger partial charge in [-0.25, -0.2) is 0 Å². The highest BCUT2D eigenvalue weighted by Gasteiger charge is 2.09. The van der Waals surface area contributed by atoms with Crippen molar-refractivity contribution in [3.63, 3.8) is 0 Å². The Balaban J connectivity index is 2.32. The first-order valence-electron chi connectivity index (χ1n) is 7.18. The van der Waals surface area contributed by atoms with Crippen LogP contribution in [-0.2, 0) is 6.42 Å². The predicted molar refractivity (Wildman–Crippen MR) is 84.5 cm³/mol. The monoisotopic (exact) mass is 269 g/mol. The molecule has 2 heteroatoms. The molecule has 2 aromatic rings. The van der Waals surface area contributed by atoms with E-state index in [-0.39, 0.29) is 0 Å². The molecule has 2 N–H and O–H groups in total. The van der Waals surface area contributed by atoms with E-state index in [1.165, 1.54) is 11.1 Å². The average Bonchev–Trinajstić information content (AvgIpc) is 2.43. The Bertz CT molecular complexity index is 575. The molecule has 0 aliphatic carbocycles. The van der Waals surface area contributed by atoms with Gasteiger partial charge in [-0.15, -0.1) is 0 Å². The molecule has 0 saturated heterocycles. The topological polar surface area (TPSA) is 35.2 Å². The van der Waals surface area contributed by atoms with Crippen molar-refractivity contribution in [1.29, 1.82) is 0 Å². The smallest absolute Gasteiger partial charge is 0.130 e. The maximum atomic E-state index is 6.15. The summed E-state index contributed by atoms with van der Waals surface area (Å²) in [7, 11) is 0. The second kappa shape index (κ2) is 6.58. The molecular formula is C18H23NO. The molecule has 2 nitrogen and oxygen atoms in total. The van der Waals surface area contributed by atoms with Crippen LogP contribution in [0.25, 0.3) is 0 Å². The predicted octanol–water partition coefficient (Wildman–Crippen LogP) is 4.41. The normalized spacial score (nSPS) is 10.8. The van der Waals surface area contributed by atoms with E-state index >= 15 is 0 Å². The zero-order chi connectivity index (χ0) is 14.5. The second-order valence-corrected chi connectivity index (χ2v) is 5.43. The van der Waals surface area contributed by atoms with Gasteiger partial charge < -0.3 is 10.5 Å². The number of aryl methyl sites for hydroxylation is 1. The van der Waals surface area contributed by atoms with Gasteiger partial charge in [-0.05, 0) is 54.6 Å². The Morgan fingerprint density at radius 1 is 1.05 bits per heavy atom. The van der Waals surface area contributed by atoms with E-state index in [0.717, 1.165) is 23.5 Å². The molecule has 0 spiro atoms. The third-order valence-electron chi connectivity index (χ3n) is 3.45. The molecule has 0 amide bonds. The maximum Gasteiger partial charge on any atom is 0.130 e. The van der Waals surface area contributed by atoms with Crippen LogP contribution in [0.3, 0.4) is 0 Å². The lowest BCUT2D eigenvalue weighted by Gasteiger charge is -2.15. The van der Waals surface area contributed by atoms with E-state index < -0.39 is 0 Å². The fourth-order valence-electron chi connectivity index (χ4n) is 2.25. The Labute approximate surface area is 121 Å². The van der Waals surface area contributed by atoms with Gasteiger partial charge in [0.1, 0.15) is 11.5 Å². The number of hydrogen-bond acceptors (Lipinski definition) is 2. The summed E-state index contributed by atoms with van der Waals surface area (Å²) >= 11 is 0. The lowest BCUT2D eigenvalue weighted by Crippen LogP contribution is -2.03. The second-order valence-electron chi connectivity index (χ2n) is 5.43. The van der Waals surface area contributed by atoms with Gasteiger partial charge in [0.05, 0.1) is 0 Å². The third kappa shape index (κ3) is 3.40. The molecule has 20 heavy (non-hydrogen) atoms.